The SMILES string of the molecule is CCOc1cc(/C=N\NC(=O)C(=O)NC2CC2)ccc1OCc1ccccc1. The predicted octanol–water partition coefficient (Wildman–Crippen LogP) is 2.39. The summed E-state index contributed by atoms with van der Waals surface area (Å²) < 4.78 is 11.5. The lowest BCUT2D eigenvalue weighted by Crippen LogP contribution is -2.38. The number of nitrogens with one attached hydrogen (secondary N) is 2. The molecule has 1 aliphatic carbocycles. The van der Waals surface area contributed by atoms with E-state index >= 15 is 0 Å². The molecular formula is C21H23N3O4. The average molecular weight is 381 g/mol. The van der Waals surface area contributed by atoms with Gasteiger partial charge in [-0.05, 0) is 49.1 Å². The minimum absolute atomic E-state index is 0.124. The fraction of sp³-hybridized carbons (Fsp3) is 0.286. The van der Waals surface area contributed by atoms with Crippen molar-refractivity contribution >= 4 is 18.0 Å². The van der Waals surface area contributed by atoms with Crippen LogP contribution in [0.25, 0.3) is 0 Å². The molecule has 146 valence electrons. The van der Waals surface area contributed by atoms with Gasteiger partial charge >= 0.3 is 11.8 Å². The molecule has 0 atom stereocenters. The molecule has 0 bridgehead atoms. The highest BCUT2D eigenvalue weighted by molar-refractivity contribution is 6.35. The van der Waals surface area contributed by atoms with Crippen LogP contribution in [-0.2, 0) is 16.2 Å². The molecule has 7 nitrogen and oxygen atoms in total. The van der Waals surface area contributed by atoms with Gasteiger partial charge in [0.05, 0.1) is 12.8 Å². The van der Waals surface area contributed by atoms with Crippen LogP contribution in [0.15, 0.2) is 53.6 Å². The maximum Gasteiger partial charge on any atom is 0.329 e. The number of benzene rings is 2. The Kier molecular flexibility index (Phi) is 6.62. The molecule has 2 amide bonds. The van der Waals surface area contributed by atoms with Crippen molar-refractivity contribution in [2.75, 3.05) is 6.61 Å². The molecule has 1 aliphatic rings. The molecule has 1 fully saturated rings. The van der Waals surface area contributed by atoms with Gasteiger partial charge in [0.2, 0.25) is 0 Å². The summed E-state index contributed by atoms with van der Waals surface area (Å²) >= 11 is 0. The Morgan fingerprint density at radius 2 is 1.86 bits per heavy atom. The first kappa shape index (κ1) is 19.4. The quantitative estimate of drug-likeness (QED) is 0.417. The van der Waals surface area contributed by atoms with E-state index in [4.69, 9.17) is 9.47 Å². The molecule has 28 heavy (non-hydrogen) atoms. The molecular weight excluding hydrogens is 358 g/mol. The summed E-state index contributed by atoms with van der Waals surface area (Å²) in [7, 11) is 0. The maximum absolute atomic E-state index is 11.7. The highest BCUT2D eigenvalue weighted by Gasteiger charge is 2.26. The lowest BCUT2D eigenvalue weighted by Gasteiger charge is -2.12. The number of ether oxygens (including phenoxy) is 2. The summed E-state index contributed by atoms with van der Waals surface area (Å²) in [5, 5.41) is 6.43. The van der Waals surface area contributed by atoms with Crippen LogP contribution in [0.3, 0.4) is 0 Å². The molecule has 0 saturated heterocycles. The number of carbonyl (C=O) groups excluding carboxylic acids is 2. The molecule has 3 rings (SSSR count). The van der Waals surface area contributed by atoms with E-state index in [1.807, 2.05) is 37.3 Å². The van der Waals surface area contributed by atoms with Crippen molar-refractivity contribution in [3.63, 3.8) is 0 Å². The smallest absolute Gasteiger partial charge is 0.329 e. The second kappa shape index (κ2) is 9.55. The van der Waals surface area contributed by atoms with Crippen LogP contribution in [0, 0.1) is 0 Å². The van der Waals surface area contributed by atoms with Gasteiger partial charge in [-0.3, -0.25) is 9.59 Å². The van der Waals surface area contributed by atoms with Crippen LogP contribution < -0.4 is 20.2 Å². The van der Waals surface area contributed by atoms with Crippen LogP contribution in [0.1, 0.15) is 30.9 Å². The zero-order valence-corrected chi connectivity index (χ0v) is 15.7. The molecule has 1 saturated carbocycles. The van der Waals surface area contributed by atoms with Gasteiger partial charge < -0.3 is 14.8 Å². The summed E-state index contributed by atoms with van der Waals surface area (Å²) in [6.45, 7) is 2.81. The third-order valence-electron chi connectivity index (χ3n) is 4.00. The van der Waals surface area contributed by atoms with Crippen molar-refractivity contribution < 1.29 is 19.1 Å². The molecule has 0 aliphatic heterocycles. The van der Waals surface area contributed by atoms with E-state index in [0.29, 0.717) is 30.3 Å². The van der Waals surface area contributed by atoms with Gasteiger partial charge in [-0.2, -0.15) is 5.10 Å². The highest BCUT2D eigenvalue weighted by Crippen LogP contribution is 2.28. The van der Waals surface area contributed by atoms with Crippen molar-refractivity contribution in [2.24, 2.45) is 5.10 Å². The Morgan fingerprint density at radius 3 is 2.57 bits per heavy atom. The number of hydrogen-bond donors (Lipinski definition) is 2. The van der Waals surface area contributed by atoms with Crippen LogP contribution in [0.5, 0.6) is 11.5 Å². The fourth-order valence-electron chi connectivity index (χ4n) is 2.42. The van der Waals surface area contributed by atoms with Gasteiger partial charge in [-0.1, -0.05) is 30.3 Å². The molecule has 0 unspecified atom stereocenters. The Morgan fingerprint density at radius 1 is 1.07 bits per heavy atom. The van der Waals surface area contributed by atoms with E-state index < -0.39 is 11.8 Å². The second-order valence-corrected chi connectivity index (χ2v) is 6.36. The molecule has 2 N–H and O–H groups in total. The van der Waals surface area contributed by atoms with E-state index in [-0.39, 0.29) is 6.04 Å². The van der Waals surface area contributed by atoms with Crippen molar-refractivity contribution in [3.8, 4) is 11.5 Å². The summed E-state index contributed by atoms with van der Waals surface area (Å²) in [5.41, 5.74) is 3.99. The molecule has 2 aromatic rings. The minimum atomic E-state index is -0.781. The van der Waals surface area contributed by atoms with Crippen LogP contribution in [0.4, 0.5) is 0 Å². The minimum Gasteiger partial charge on any atom is -0.490 e. The molecule has 0 heterocycles. The van der Waals surface area contributed by atoms with E-state index in [1.165, 1.54) is 6.21 Å². The molecule has 0 spiro atoms. The van der Waals surface area contributed by atoms with Crippen LogP contribution >= 0.6 is 0 Å². The zero-order chi connectivity index (χ0) is 19.8. The van der Waals surface area contributed by atoms with Gasteiger partial charge in [0.25, 0.3) is 0 Å². The van der Waals surface area contributed by atoms with Crippen molar-refractivity contribution in [1.29, 1.82) is 0 Å². The van der Waals surface area contributed by atoms with Gasteiger partial charge in [0.15, 0.2) is 11.5 Å². The number of rotatable bonds is 8. The fourth-order valence-corrected chi connectivity index (χ4v) is 2.42. The third kappa shape index (κ3) is 5.84. The lowest BCUT2D eigenvalue weighted by molar-refractivity contribution is -0.139. The Hall–Kier alpha value is -3.35. The molecule has 2 aromatic carbocycles. The summed E-state index contributed by atoms with van der Waals surface area (Å²) in [4.78, 5) is 23.2. The second-order valence-electron chi connectivity index (χ2n) is 6.36. The van der Waals surface area contributed by atoms with E-state index in [9.17, 15) is 9.59 Å². The largest absolute Gasteiger partial charge is 0.490 e. The molecule has 7 heteroatoms. The van der Waals surface area contributed by atoms with Crippen molar-refractivity contribution in [1.82, 2.24) is 10.7 Å². The first-order valence-corrected chi connectivity index (χ1v) is 9.23. The van der Waals surface area contributed by atoms with Crippen LogP contribution in [0.2, 0.25) is 0 Å². The van der Waals surface area contributed by atoms with Crippen LogP contribution in [-0.4, -0.2) is 30.7 Å². The maximum atomic E-state index is 11.7. The van der Waals surface area contributed by atoms with E-state index in [1.54, 1.807) is 18.2 Å². The van der Waals surface area contributed by atoms with E-state index in [0.717, 1.165) is 18.4 Å². The summed E-state index contributed by atoms with van der Waals surface area (Å²) in [6, 6.07) is 15.3. The summed E-state index contributed by atoms with van der Waals surface area (Å²) in [6.07, 6.45) is 3.29. The van der Waals surface area contributed by atoms with Crippen molar-refractivity contribution in [3.05, 3.63) is 59.7 Å². The number of amides is 2. The Balaban J connectivity index is 1.59. The van der Waals surface area contributed by atoms with Crippen molar-refractivity contribution in [2.45, 2.75) is 32.4 Å². The highest BCUT2D eigenvalue weighted by atomic mass is 16.5. The van der Waals surface area contributed by atoms with Gasteiger partial charge in [0, 0.05) is 6.04 Å². The number of hydrazone groups is 1. The van der Waals surface area contributed by atoms with E-state index in [2.05, 4.69) is 15.8 Å². The lowest BCUT2D eigenvalue weighted by atomic mass is 10.2. The predicted molar refractivity (Wildman–Crippen MR) is 105 cm³/mol. The van der Waals surface area contributed by atoms with Gasteiger partial charge in [0.1, 0.15) is 6.61 Å². The zero-order valence-electron chi connectivity index (χ0n) is 15.7. The monoisotopic (exact) mass is 381 g/mol. The number of nitrogens with zero attached hydrogens (tertiary/aromatic N) is 1. The average Bonchev–Trinajstić information content (AvgIpc) is 3.52. The normalized spacial score (nSPS) is 13.2. The third-order valence-corrected chi connectivity index (χ3v) is 4.00. The number of hydrogen-bond acceptors (Lipinski definition) is 5. The Bertz CT molecular complexity index is 848. The first-order chi connectivity index (χ1) is 13.7. The first-order valence-electron chi connectivity index (χ1n) is 9.23. The van der Waals surface area contributed by atoms with Gasteiger partial charge in [-0.15, -0.1) is 0 Å². The topological polar surface area (TPSA) is 89.0 Å². The number of carbonyl (C=O) groups is 2. The Labute approximate surface area is 163 Å². The molecule has 0 radical (unpaired) electrons. The molecule has 0 aromatic heterocycles. The standard InChI is InChI=1S/C21H23N3O4/c1-2-27-19-12-16(13-22-24-21(26)20(25)23-17-9-10-17)8-11-18(19)28-14-15-6-4-3-5-7-15/h3-8,11-13,17H,2,9-10,14H2,1H3,(H,23,25)(H,24,26)/b22-13-. The van der Waals surface area contributed by atoms with Gasteiger partial charge in [-0.25, -0.2) is 5.43 Å². The summed E-state index contributed by atoms with van der Waals surface area (Å²) in [5.74, 6) is -0.244.